The van der Waals surface area contributed by atoms with E-state index in [9.17, 15) is 0 Å². The maximum absolute atomic E-state index is 4.70. The summed E-state index contributed by atoms with van der Waals surface area (Å²) in [7, 11) is 0. The highest BCUT2D eigenvalue weighted by Gasteiger charge is 2.13. The molecule has 0 saturated heterocycles. The summed E-state index contributed by atoms with van der Waals surface area (Å²) >= 11 is 0. The average Bonchev–Trinajstić information content (AvgIpc) is 2.81. The number of rotatable bonds is 9. The molecule has 0 aromatic carbocycles. The molecular formula is C19H36N6. The van der Waals surface area contributed by atoms with E-state index in [1.54, 1.807) is 0 Å². The fourth-order valence-electron chi connectivity index (χ4n) is 3.22. The second-order valence-electron chi connectivity index (χ2n) is 7.32. The second-order valence-corrected chi connectivity index (χ2v) is 7.32. The molecule has 2 N–H and O–H groups in total. The van der Waals surface area contributed by atoms with Crippen LogP contribution in [-0.2, 0) is 19.4 Å². The van der Waals surface area contributed by atoms with Crippen LogP contribution in [0.2, 0.25) is 0 Å². The normalized spacial score (nSPS) is 15.1. The molecule has 0 spiro atoms. The van der Waals surface area contributed by atoms with Crippen molar-refractivity contribution in [2.75, 3.05) is 19.6 Å². The van der Waals surface area contributed by atoms with Gasteiger partial charge in [-0.1, -0.05) is 20.3 Å². The van der Waals surface area contributed by atoms with E-state index in [1.807, 2.05) is 0 Å². The molecule has 0 radical (unpaired) electrons. The SMILES string of the molecule is CCNC(=NCCCc1nnc2n1CCCCC2)NCCCC(C)C. The first-order valence-corrected chi connectivity index (χ1v) is 10.1. The second kappa shape index (κ2) is 11.1. The minimum Gasteiger partial charge on any atom is -0.357 e. The van der Waals surface area contributed by atoms with Gasteiger partial charge in [0.2, 0.25) is 0 Å². The molecule has 2 rings (SSSR count). The summed E-state index contributed by atoms with van der Waals surface area (Å²) in [5, 5.41) is 15.5. The van der Waals surface area contributed by atoms with Crippen molar-refractivity contribution in [2.45, 2.75) is 78.7 Å². The quantitative estimate of drug-likeness (QED) is 0.409. The molecule has 0 amide bonds. The number of nitrogens with one attached hydrogen (secondary N) is 2. The van der Waals surface area contributed by atoms with Crippen LogP contribution in [0.5, 0.6) is 0 Å². The molecule has 0 bridgehead atoms. The van der Waals surface area contributed by atoms with Crippen LogP contribution >= 0.6 is 0 Å². The highest BCUT2D eigenvalue weighted by atomic mass is 15.3. The number of aliphatic imine (C=N–C) groups is 1. The first-order valence-electron chi connectivity index (χ1n) is 10.1. The monoisotopic (exact) mass is 348 g/mol. The predicted octanol–water partition coefficient (Wildman–Crippen LogP) is 2.93. The molecule has 1 aromatic rings. The third kappa shape index (κ3) is 7.04. The van der Waals surface area contributed by atoms with E-state index in [1.165, 1.54) is 37.9 Å². The first-order chi connectivity index (χ1) is 12.2. The van der Waals surface area contributed by atoms with E-state index in [-0.39, 0.29) is 0 Å². The van der Waals surface area contributed by atoms with E-state index in [0.29, 0.717) is 0 Å². The highest BCUT2D eigenvalue weighted by molar-refractivity contribution is 5.79. The Labute approximate surface area is 152 Å². The van der Waals surface area contributed by atoms with E-state index in [4.69, 9.17) is 4.99 Å². The maximum atomic E-state index is 4.70. The minimum absolute atomic E-state index is 0.764. The number of nitrogens with zero attached hydrogens (tertiary/aromatic N) is 4. The van der Waals surface area contributed by atoms with Crippen molar-refractivity contribution in [3.05, 3.63) is 11.6 Å². The van der Waals surface area contributed by atoms with Crippen LogP contribution < -0.4 is 10.6 Å². The molecule has 0 unspecified atom stereocenters. The summed E-state index contributed by atoms with van der Waals surface area (Å²) in [6, 6.07) is 0. The van der Waals surface area contributed by atoms with Crippen LogP contribution in [0.4, 0.5) is 0 Å². The lowest BCUT2D eigenvalue weighted by Gasteiger charge is -2.12. The smallest absolute Gasteiger partial charge is 0.191 e. The lowest BCUT2D eigenvalue weighted by Crippen LogP contribution is -2.38. The van der Waals surface area contributed by atoms with Gasteiger partial charge in [-0.05, 0) is 44.9 Å². The van der Waals surface area contributed by atoms with Gasteiger partial charge in [-0.15, -0.1) is 10.2 Å². The minimum atomic E-state index is 0.764. The molecule has 2 heterocycles. The largest absolute Gasteiger partial charge is 0.357 e. The Morgan fingerprint density at radius 1 is 1.16 bits per heavy atom. The van der Waals surface area contributed by atoms with Crippen molar-refractivity contribution in [1.82, 2.24) is 25.4 Å². The summed E-state index contributed by atoms with van der Waals surface area (Å²) in [6.07, 6.45) is 9.30. The lowest BCUT2D eigenvalue weighted by atomic mass is 10.1. The Morgan fingerprint density at radius 3 is 2.84 bits per heavy atom. The molecule has 25 heavy (non-hydrogen) atoms. The predicted molar refractivity (Wildman–Crippen MR) is 104 cm³/mol. The lowest BCUT2D eigenvalue weighted by molar-refractivity contribution is 0.549. The molecule has 142 valence electrons. The van der Waals surface area contributed by atoms with Gasteiger partial charge >= 0.3 is 0 Å². The first kappa shape index (κ1) is 19.7. The molecule has 0 aliphatic carbocycles. The van der Waals surface area contributed by atoms with Crippen LogP contribution in [-0.4, -0.2) is 40.4 Å². The number of fused-ring (bicyclic) bond motifs is 1. The fourth-order valence-corrected chi connectivity index (χ4v) is 3.22. The number of aromatic nitrogens is 3. The zero-order valence-corrected chi connectivity index (χ0v) is 16.4. The molecule has 1 aromatic heterocycles. The molecule has 1 aliphatic rings. The van der Waals surface area contributed by atoms with Gasteiger partial charge in [0.1, 0.15) is 11.6 Å². The number of hydrogen-bond acceptors (Lipinski definition) is 3. The fraction of sp³-hybridized carbons (Fsp3) is 0.842. The topological polar surface area (TPSA) is 67.1 Å². The molecule has 0 fully saturated rings. The van der Waals surface area contributed by atoms with Crippen LogP contribution in [0, 0.1) is 5.92 Å². The average molecular weight is 349 g/mol. The van der Waals surface area contributed by atoms with E-state index in [2.05, 4.69) is 46.2 Å². The molecular weight excluding hydrogens is 312 g/mol. The van der Waals surface area contributed by atoms with E-state index >= 15 is 0 Å². The molecule has 0 saturated carbocycles. The number of guanidine groups is 1. The summed E-state index contributed by atoms with van der Waals surface area (Å²) in [4.78, 5) is 4.70. The Hall–Kier alpha value is -1.59. The Bertz CT molecular complexity index is 520. The van der Waals surface area contributed by atoms with Crippen LogP contribution in [0.1, 0.15) is 70.9 Å². The Morgan fingerprint density at radius 2 is 2.04 bits per heavy atom. The van der Waals surface area contributed by atoms with Crippen LogP contribution in [0.3, 0.4) is 0 Å². The third-order valence-electron chi connectivity index (χ3n) is 4.61. The highest BCUT2D eigenvalue weighted by Crippen LogP contribution is 2.15. The maximum Gasteiger partial charge on any atom is 0.191 e. The van der Waals surface area contributed by atoms with Crippen molar-refractivity contribution in [1.29, 1.82) is 0 Å². The molecule has 0 atom stereocenters. The van der Waals surface area contributed by atoms with Crippen LogP contribution in [0.25, 0.3) is 0 Å². The van der Waals surface area contributed by atoms with Gasteiger partial charge in [-0.3, -0.25) is 4.99 Å². The van der Waals surface area contributed by atoms with Crippen molar-refractivity contribution in [3.63, 3.8) is 0 Å². The van der Waals surface area contributed by atoms with E-state index < -0.39 is 0 Å². The summed E-state index contributed by atoms with van der Waals surface area (Å²) in [5.41, 5.74) is 0. The number of aryl methyl sites for hydroxylation is 2. The van der Waals surface area contributed by atoms with Crippen molar-refractivity contribution < 1.29 is 0 Å². The van der Waals surface area contributed by atoms with Gasteiger partial charge in [0.15, 0.2) is 5.96 Å². The standard InChI is InChI=1S/C19H36N6/c1-4-20-19(21-13-8-10-16(2)3)22-14-9-12-18-24-23-17-11-6-5-7-15-25(17)18/h16H,4-15H2,1-3H3,(H2,20,21,22). The molecule has 6 nitrogen and oxygen atoms in total. The summed E-state index contributed by atoms with van der Waals surface area (Å²) in [5.74, 6) is 4.02. The summed E-state index contributed by atoms with van der Waals surface area (Å²) < 4.78 is 2.34. The van der Waals surface area contributed by atoms with Gasteiger partial charge in [0, 0.05) is 39.0 Å². The molecule has 1 aliphatic heterocycles. The van der Waals surface area contributed by atoms with E-state index in [0.717, 1.165) is 63.1 Å². The van der Waals surface area contributed by atoms with Gasteiger partial charge < -0.3 is 15.2 Å². The zero-order valence-electron chi connectivity index (χ0n) is 16.4. The zero-order chi connectivity index (χ0) is 17.9. The summed E-state index contributed by atoms with van der Waals surface area (Å²) in [6.45, 7) is 10.4. The van der Waals surface area contributed by atoms with Crippen LogP contribution in [0.15, 0.2) is 4.99 Å². The third-order valence-corrected chi connectivity index (χ3v) is 4.61. The van der Waals surface area contributed by atoms with Crippen molar-refractivity contribution >= 4 is 5.96 Å². The number of hydrogen-bond donors (Lipinski definition) is 2. The van der Waals surface area contributed by atoms with Gasteiger partial charge in [-0.25, -0.2) is 0 Å². The van der Waals surface area contributed by atoms with Gasteiger partial charge in [0.05, 0.1) is 0 Å². The molecule has 6 heteroatoms. The van der Waals surface area contributed by atoms with Gasteiger partial charge in [-0.2, -0.15) is 0 Å². The van der Waals surface area contributed by atoms with Gasteiger partial charge in [0.25, 0.3) is 0 Å². The van der Waals surface area contributed by atoms with Crippen molar-refractivity contribution in [2.24, 2.45) is 10.9 Å². The Kier molecular flexibility index (Phi) is 8.77. The Balaban J connectivity index is 1.75. The van der Waals surface area contributed by atoms with Crippen molar-refractivity contribution in [3.8, 4) is 0 Å².